The van der Waals surface area contributed by atoms with Crippen LogP contribution >= 0.6 is 0 Å². The number of benzene rings is 1. The fraction of sp³-hybridized carbons (Fsp3) is 0.143. The van der Waals surface area contributed by atoms with E-state index in [1.54, 1.807) is 24.3 Å². The summed E-state index contributed by atoms with van der Waals surface area (Å²) >= 11 is 0. The zero-order chi connectivity index (χ0) is 9.52. The van der Waals surface area contributed by atoms with Crippen LogP contribution in [0.5, 0.6) is 0 Å². The van der Waals surface area contributed by atoms with Crippen LogP contribution in [0.4, 0.5) is 0 Å². The molecule has 13 heavy (non-hydrogen) atoms. The Bertz CT molecular complexity index is 300. The van der Waals surface area contributed by atoms with E-state index in [1.165, 1.54) is 0 Å². The summed E-state index contributed by atoms with van der Waals surface area (Å²) in [5.41, 5.74) is 8.58. The van der Waals surface area contributed by atoms with E-state index in [9.17, 15) is 5.02 Å². The van der Waals surface area contributed by atoms with Gasteiger partial charge in [-0.1, -0.05) is 35.4 Å². The van der Waals surface area contributed by atoms with Crippen molar-refractivity contribution in [2.45, 2.75) is 0 Å². The Morgan fingerprint density at radius 3 is 2.77 bits per heavy atom. The first-order valence-corrected chi connectivity index (χ1v) is 3.70. The van der Waals surface area contributed by atoms with Crippen molar-refractivity contribution in [3.05, 3.63) is 40.8 Å². The first kappa shape index (κ1) is 9.60. The van der Waals surface area contributed by atoms with Crippen LogP contribution in [0.2, 0.25) is 0 Å². The third-order valence-corrected chi connectivity index (χ3v) is 1.44. The minimum atomic E-state index is -1.04. The van der Waals surface area contributed by atoms with Crippen LogP contribution in [0.3, 0.4) is 0 Å². The van der Waals surface area contributed by atoms with Crippen LogP contribution in [-0.4, -0.2) is 18.9 Å². The summed E-state index contributed by atoms with van der Waals surface area (Å²) in [6.07, 6.45) is 0. The maximum atomic E-state index is 9.34. The molecule has 1 rings (SSSR count). The number of hydrogen-bond acceptors (Lipinski definition) is 3. The van der Waals surface area contributed by atoms with Crippen molar-refractivity contribution >= 4 is 12.6 Å². The average molecular weight is 177 g/mol. The second-order valence-electron chi connectivity index (χ2n) is 2.29. The number of hydrogen-bond donors (Lipinski definition) is 1. The molecule has 0 bridgehead atoms. The molecule has 0 fully saturated rings. The lowest BCUT2D eigenvalue weighted by Gasteiger charge is -2.04. The van der Waals surface area contributed by atoms with Crippen molar-refractivity contribution in [3.8, 4) is 0 Å². The quantitative estimate of drug-likeness (QED) is 0.317. The van der Waals surface area contributed by atoms with Crippen molar-refractivity contribution in [2.24, 2.45) is 5.11 Å². The maximum absolute atomic E-state index is 9.34. The zero-order valence-corrected chi connectivity index (χ0v) is 6.87. The standard InChI is InChI=1S/C7H8BN3O2/c9-11-10-6-13-8(12)7-4-2-1-3-5-7/h1-5,12H,6H2. The van der Waals surface area contributed by atoms with E-state index in [2.05, 4.69) is 10.0 Å². The van der Waals surface area contributed by atoms with E-state index in [1.807, 2.05) is 6.07 Å². The average Bonchev–Trinajstić information content (AvgIpc) is 2.19. The minimum Gasteiger partial charge on any atom is -0.423 e. The van der Waals surface area contributed by atoms with E-state index in [-0.39, 0.29) is 6.73 Å². The predicted octanol–water partition coefficient (Wildman–Crippen LogP) is 0.658. The highest BCUT2D eigenvalue weighted by molar-refractivity contribution is 6.59. The van der Waals surface area contributed by atoms with Crippen molar-refractivity contribution < 1.29 is 9.68 Å². The Morgan fingerprint density at radius 2 is 2.15 bits per heavy atom. The molecule has 1 aromatic carbocycles. The van der Waals surface area contributed by atoms with Crippen LogP contribution in [-0.2, 0) is 4.65 Å². The molecule has 0 atom stereocenters. The lowest BCUT2D eigenvalue weighted by molar-refractivity contribution is 0.279. The molecule has 0 saturated heterocycles. The molecule has 0 radical (unpaired) electrons. The van der Waals surface area contributed by atoms with E-state index < -0.39 is 7.12 Å². The van der Waals surface area contributed by atoms with E-state index in [0.717, 1.165) is 0 Å². The first-order valence-electron chi connectivity index (χ1n) is 3.70. The van der Waals surface area contributed by atoms with Gasteiger partial charge in [-0.15, -0.1) is 0 Å². The summed E-state index contributed by atoms with van der Waals surface area (Å²) in [4.78, 5) is 2.49. The summed E-state index contributed by atoms with van der Waals surface area (Å²) in [5.74, 6) is 0. The van der Waals surface area contributed by atoms with Gasteiger partial charge in [0.15, 0.2) is 0 Å². The second-order valence-corrected chi connectivity index (χ2v) is 2.29. The summed E-state index contributed by atoms with van der Waals surface area (Å²) < 4.78 is 4.80. The molecule has 0 aliphatic rings. The van der Waals surface area contributed by atoms with E-state index in [0.29, 0.717) is 5.46 Å². The summed E-state index contributed by atoms with van der Waals surface area (Å²) in [6, 6.07) is 8.86. The van der Waals surface area contributed by atoms with Gasteiger partial charge in [-0.2, -0.15) is 0 Å². The van der Waals surface area contributed by atoms with Crippen molar-refractivity contribution in [1.82, 2.24) is 0 Å². The molecule has 6 heteroatoms. The predicted molar refractivity (Wildman–Crippen MR) is 49.1 cm³/mol. The Hall–Kier alpha value is -1.49. The van der Waals surface area contributed by atoms with E-state index >= 15 is 0 Å². The summed E-state index contributed by atoms with van der Waals surface area (Å²) in [7, 11) is -1.04. The van der Waals surface area contributed by atoms with Gasteiger partial charge >= 0.3 is 7.12 Å². The molecule has 0 spiro atoms. The van der Waals surface area contributed by atoms with Gasteiger partial charge in [0, 0.05) is 4.91 Å². The molecule has 0 unspecified atom stereocenters. The molecular formula is C7H8BN3O2. The molecule has 0 saturated carbocycles. The van der Waals surface area contributed by atoms with Gasteiger partial charge in [-0.05, 0) is 11.0 Å². The molecule has 0 heterocycles. The molecule has 0 aromatic heterocycles. The lowest BCUT2D eigenvalue weighted by atomic mass is 9.80. The van der Waals surface area contributed by atoms with E-state index in [4.69, 9.17) is 10.2 Å². The highest BCUT2D eigenvalue weighted by Crippen LogP contribution is 1.88. The van der Waals surface area contributed by atoms with Gasteiger partial charge < -0.3 is 9.68 Å². The van der Waals surface area contributed by atoms with Gasteiger partial charge in [0.1, 0.15) is 6.73 Å². The third-order valence-electron chi connectivity index (χ3n) is 1.44. The summed E-state index contributed by atoms with van der Waals surface area (Å²) in [5, 5.41) is 12.5. The van der Waals surface area contributed by atoms with Crippen LogP contribution in [0.15, 0.2) is 35.4 Å². The van der Waals surface area contributed by atoms with Gasteiger partial charge in [-0.25, -0.2) is 0 Å². The number of nitrogens with zero attached hydrogens (tertiary/aromatic N) is 3. The molecule has 5 nitrogen and oxygen atoms in total. The Labute approximate surface area is 75.7 Å². The van der Waals surface area contributed by atoms with Gasteiger partial charge in [-0.3, -0.25) is 0 Å². The topological polar surface area (TPSA) is 78.2 Å². The van der Waals surface area contributed by atoms with Gasteiger partial charge in [0.25, 0.3) is 0 Å². The van der Waals surface area contributed by atoms with Crippen LogP contribution in [0, 0.1) is 0 Å². The van der Waals surface area contributed by atoms with Crippen molar-refractivity contribution in [2.75, 3.05) is 6.73 Å². The Balaban J connectivity index is 2.48. The van der Waals surface area contributed by atoms with Crippen LogP contribution in [0.1, 0.15) is 0 Å². The van der Waals surface area contributed by atoms with Gasteiger partial charge in [0.05, 0.1) is 0 Å². The van der Waals surface area contributed by atoms with Crippen LogP contribution in [0.25, 0.3) is 10.4 Å². The van der Waals surface area contributed by atoms with Crippen molar-refractivity contribution in [1.29, 1.82) is 0 Å². The minimum absolute atomic E-state index is 0.174. The van der Waals surface area contributed by atoms with Gasteiger partial charge in [0.2, 0.25) is 0 Å². The SMILES string of the molecule is [N-]=[N+]=NCOB(O)c1ccccc1. The van der Waals surface area contributed by atoms with Crippen LogP contribution < -0.4 is 5.46 Å². The first-order chi connectivity index (χ1) is 6.34. The zero-order valence-electron chi connectivity index (χ0n) is 6.87. The molecular weight excluding hydrogens is 169 g/mol. The fourth-order valence-corrected chi connectivity index (χ4v) is 0.844. The molecule has 0 amide bonds. The number of rotatable bonds is 4. The maximum Gasteiger partial charge on any atom is 0.491 e. The Morgan fingerprint density at radius 1 is 1.46 bits per heavy atom. The smallest absolute Gasteiger partial charge is 0.423 e. The molecule has 66 valence electrons. The molecule has 1 N–H and O–H groups in total. The largest absolute Gasteiger partial charge is 0.491 e. The lowest BCUT2D eigenvalue weighted by Crippen LogP contribution is -2.33. The second kappa shape index (κ2) is 5.21. The fourth-order valence-electron chi connectivity index (χ4n) is 0.844. The van der Waals surface area contributed by atoms with Crippen molar-refractivity contribution in [3.63, 3.8) is 0 Å². The third kappa shape index (κ3) is 3.17. The number of azide groups is 1. The molecule has 0 aliphatic heterocycles. The normalized spacial score (nSPS) is 9.00. The summed E-state index contributed by atoms with van der Waals surface area (Å²) in [6.45, 7) is -0.174. The highest BCUT2D eigenvalue weighted by atomic mass is 16.5. The monoisotopic (exact) mass is 177 g/mol. The molecule has 0 aliphatic carbocycles. The highest BCUT2D eigenvalue weighted by Gasteiger charge is 2.14. The Kier molecular flexibility index (Phi) is 3.85. The molecule has 1 aromatic rings.